The average Bonchev–Trinajstić information content (AvgIpc) is 2.14. The number of hydrogen-bond donors (Lipinski definition) is 1. The highest BCUT2D eigenvalue weighted by Gasteiger charge is 2.17. The Balaban J connectivity index is 2.32. The van der Waals surface area contributed by atoms with Gasteiger partial charge in [0.05, 0.1) is 0 Å². The minimum absolute atomic E-state index is 0.725. The largest absolute Gasteiger partial charge is 0.370 e. The molecule has 0 radical (unpaired) electrons. The van der Waals surface area contributed by atoms with Crippen molar-refractivity contribution in [3.8, 4) is 0 Å². The molecule has 8 heavy (non-hydrogen) atoms. The number of alkyl halides is 1. The van der Waals surface area contributed by atoms with Gasteiger partial charge in [0.25, 0.3) is 0 Å². The first-order valence-electron chi connectivity index (χ1n) is 2.33. The van der Waals surface area contributed by atoms with E-state index in [1.807, 2.05) is 0 Å². The van der Waals surface area contributed by atoms with Crippen LogP contribution in [0, 0.1) is 0 Å². The molecule has 1 nitrogen and oxygen atoms in total. The molecule has 1 aliphatic heterocycles. The SMILES string of the molecule is S=C1NCC(CI)S1. The van der Waals surface area contributed by atoms with Gasteiger partial charge in [-0.2, -0.15) is 0 Å². The van der Waals surface area contributed by atoms with E-state index < -0.39 is 0 Å². The second kappa shape index (κ2) is 3.22. The number of thioether (sulfide) groups is 1. The topological polar surface area (TPSA) is 12.0 Å². The molecule has 0 aromatic carbocycles. The van der Waals surface area contributed by atoms with E-state index in [0.29, 0.717) is 0 Å². The van der Waals surface area contributed by atoms with E-state index in [0.717, 1.165) is 16.1 Å². The Bertz CT molecular complexity index is 106. The van der Waals surface area contributed by atoms with E-state index in [4.69, 9.17) is 12.2 Å². The summed E-state index contributed by atoms with van der Waals surface area (Å²) in [5.74, 6) is 0. The highest BCUT2D eigenvalue weighted by molar-refractivity contribution is 14.1. The summed E-state index contributed by atoms with van der Waals surface area (Å²) in [4.78, 5) is 0. The zero-order chi connectivity index (χ0) is 5.98. The Labute approximate surface area is 72.1 Å². The summed E-state index contributed by atoms with van der Waals surface area (Å²) < 4.78 is 2.15. The smallest absolute Gasteiger partial charge is 0.134 e. The van der Waals surface area contributed by atoms with Crippen LogP contribution in [-0.2, 0) is 0 Å². The quantitative estimate of drug-likeness (QED) is 0.434. The Kier molecular flexibility index (Phi) is 2.85. The van der Waals surface area contributed by atoms with Crippen molar-refractivity contribution in [3.05, 3.63) is 0 Å². The summed E-state index contributed by atoms with van der Waals surface area (Å²) in [6, 6.07) is 0. The fraction of sp³-hybridized carbons (Fsp3) is 0.750. The van der Waals surface area contributed by atoms with Crippen molar-refractivity contribution in [1.82, 2.24) is 5.32 Å². The molecule has 0 amide bonds. The molecule has 1 heterocycles. The average molecular weight is 259 g/mol. The van der Waals surface area contributed by atoms with Crippen LogP contribution >= 0.6 is 46.6 Å². The highest BCUT2D eigenvalue weighted by Crippen LogP contribution is 2.19. The van der Waals surface area contributed by atoms with Gasteiger partial charge in [-0.1, -0.05) is 46.6 Å². The maximum Gasteiger partial charge on any atom is 0.134 e. The van der Waals surface area contributed by atoms with Gasteiger partial charge in [0.1, 0.15) is 4.32 Å². The normalized spacial score (nSPS) is 28.1. The van der Waals surface area contributed by atoms with Crippen LogP contribution in [0.4, 0.5) is 0 Å². The van der Waals surface area contributed by atoms with Crippen molar-refractivity contribution in [3.63, 3.8) is 0 Å². The molecule has 1 rings (SSSR count). The first-order valence-corrected chi connectivity index (χ1v) is 5.14. The van der Waals surface area contributed by atoms with E-state index in [1.54, 1.807) is 11.8 Å². The highest BCUT2D eigenvalue weighted by atomic mass is 127. The molecule has 0 aromatic heterocycles. The van der Waals surface area contributed by atoms with Crippen LogP contribution < -0.4 is 5.32 Å². The van der Waals surface area contributed by atoms with Gasteiger partial charge >= 0.3 is 0 Å². The zero-order valence-corrected chi connectivity index (χ0v) is 7.98. The zero-order valence-electron chi connectivity index (χ0n) is 4.19. The van der Waals surface area contributed by atoms with Gasteiger partial charge in [0.2, 0.25) is 0 Å². The number of hydrogen-bond acceptors (Lipinski definition) is 2. The molecule has 46 valence electrons. The van der Waals surface area contributed by atoms with Crippen LogP contribution in [0.3, 0.4) is 0 Å². The van der Waals surface area contributed by atoms with Gasteiger partial charge in [-0.25, -0.2) is 0 Å². The van der Waals surface area contributed by atoms with Crippen LogP contribution in [0.15, 0.2) is 0 Å². The van der Waals surface area contributed by atoms with Crippen LogP contribution in [0.1, 0.15) is 0 Å². The van der Waals surface area contributed by atoms with Gasteiger partial charge in [-0.05, 0) is 0 Å². The number of rotatable bonds is 1. The summed E-state index contributed by atoms with van der Waals surface area (Å²) in [5, 5.41) is 3.84. The lowest BCUT2D eigenvalue weighted by atomic mass is 10.5. The Hall–Kier alpha value is 0.970. The standard InChI is InChI=1S/C4H6INS2/c5-1-3-2-6-4(7)8-3/h3H,1-2H2,(H,6,7). The first-order chi connectivity index (χ1) is 3.83. The van der Waals surface area contributed by atoms with Crippen molar-refractivity contribution in [2.45, 2.75) is 5.25 Å². The monoisotopic (exact) mass is 259 g/mol. The van der Waals surface area contributed by atoms with Gasteiger partial charge in [-0.3, -0.25) is 0 Å². The fourth-order valence-corrected chi connectivity index (χ4v) is 2.56. The third-order valence-corrected chi connectivity index (χ3v) is 4.04. The predicted molar refractivity (Wildman–Crippen MR) is 50.9 cm³/mol. The summed E-state index contributed by atoms with van der Waals surface area (Å²) >= 11 is 9.07. The van der Waals surface area contributed by atoms with Crippen LogP contribution in [0.5, 0.6) is 0 Å². The maximum absolute atomic E-state index is 4.91. The lowest BCUT2D eigenvalue weighted by molar-refractivity contribution is 0.913. The van der Waals surface area contributed by atoms with Crippen LogP contribution in [-0.4, -0.2) is 20.5 Å². The Morgan fingerprint density at radius 3 is 3.00 bits per heavy atom. The molecule has 0 saturated carbocycles. The molecule has 0 spiro atoms. The molecule has 1 fully saturated rings. The van der Waals surface area contributed by atoms with Crippen molar-refractivity contribution in [2.24, 2.45) is 0 Å². The van der Waals surface area contributed by atoms with E-state index >= 15 is 0 Å². The number of halogens is 1. The second-order valence-corrected chi connectivity index (χ2v) is 4.42. The van der Waals surface area contributed by atoms with Crippen molar-refractivity contribution < 1.29 is 0 Å². The van der Waals surface area contributed by atoms with Crippen LogP contribution in [0.25, 0.3) is 0 Å². The molecule has 0 bridgehead atoms. The lowest BCUT2D eigenvalue weighted by Crippen LogP contribution is -2.15. The van der Waals surface area contributed by atoms with Gasteiger partial charge < -0.3 is 5.32 Å². The fourth-order valence-electron chi connectivity index (χ4n) is 0.518. The minimum Gasteiger partial charge on any atom is -0.370 e. The molecule has 0 aromatic rings. The molecule has 1 atom stereocenters. The number of thiocarbonyl (C=S) groups is 1. The Morgan fingerprint density at radius 1 is 2.00 bits per heavy atom. The second-order valence-electron chi connectivity index (χ2n) is 1.56. The summed E-state index contributed by atoms with van der Waals surface area (Å²) in [5.41, 5.74) is 0. The van der Waals surface area contributed by atoms with Gasteiger partial charge in [0.15, 0.2) is 0 Å². The molecule has 1 N–H and O–H groups in total. The summed E-state index contributed by atoms with van der Waals surface area (Å²) in [7, 11) is 0. The third-order valence-electron chi connectivity index (χ3n) is 0.920. The first kappa shape index (κ1) is 7.08. The van der Waals surface area contributed by atoms with Crippen molar-refractivity contribution in [2.75, 3.05) is 11.0 Å². The molecule has 1 aliphatic rings. The Morgan fingerprint density at radius 2 is 2.75 bits per heavy atom. The minimum atomic E-state index is 0.725. The third kappa shape index (κ3) is 1.73. The number of nitrogens with one attached hydrogen (secondary N) is 1. The van der Waals surface area contributed by atoms with Crippen molar-refractivity contribution in [1.29, 1.82) is 0 Å². The predicted octanol–water partition coefficient (Wildman–Crippen LogP) is 1.41. The van der Waals surface area contributed by atoms with E-state index in [9.17, 15) is 0 Å². The van der Waals surface area contributed by atoms with Gasteiger partial charge in [-0.15, -0.1) is 0 Å². The van der Waals surface area contributed by atoms with E-state index in [1.165, 1.54) is 4.43 Å². The summed E-state index contributed by atoms with van der Waals surface area (Å²) in [6.07, 6.45) is 0. The van der Waals surface area contributed by atoms with E-state index in [2.05, 4.69) is 27.9 Å². The lowest BCUT2D eigenvalue weighted by Gasteiger charge is -1.95. The van der Waals surface area contributed by atoms with E-state index in [-0.39, 0.29) is 0 Å². The van der Waals surface area contributed by atoms with Crippen LogP contribution in [0.2, 0.25) is 0 Å². The van der Waals surface area contributed by atoms with Crippen molar-refractivity contribution >= 4 is 50.9 Å². The molecule has 1 saturated heterocycles. The molecule has 1 unspecified atom stereocenters. The molecule has 0 aliphatic carbocycles. The maximum atomic E-state index is 4.91. The molecular formula is C4H6INS2. The molecule has 4 heteroatoms. The summed E-state index contributed by atoms with van der Waals surface area (Å²) in [6.45, 7) is 1.06. The van der Waals surface area contributed by atoms with Gasteiger partial charge in [0, 0.05) is 16.2 Å². The molecular weight excluding hydrogens is 253 g/mol.